The zero-order chi connectivity index (χ0) is 18.1. The van der Waals surface area contributed by atoms with Crippen LogP contribution in [0.3, 0.4) is 0 Å². The summed E-state index contributed by atoms with van der Waals surface area (Å²) in [7, 11) is 0. The van der Waals surface area contributed by atoms with E-state index in [1.165, 1.54) is 0 Å². The van der Waals surface area contributed by atoms with E-state index in [2.05, 4.69) is 9.97 Å². The molecule has 0 aliphatic heterocycles. The van der Waals surface area contributed by atoms with E-state index in [0.717, 1.165) is 12.4 Å². The quantitative estimate of drug-likeness (QED) is 0.630. The van der Waals surface area contributed by atoms with E-state index in [-0.39, 0.29) is 16.9 Å². The summed E-state index contributed by atoms with van der Waals surface area (Å²) >= 11 is 5.41. The van der Waals surface area contributed by atoms with Crippen molar-refractivity contribution in [2.24, 2.45) is 0 Å². The lowest BCUT2D eigenvalue weighted by molar-refractivity contribution is -0.143. The Balaban J connectivity index is 2.38. The minimum Gasteiger partial charge on any atom is -0.322 e. The molecule has 1 aromatic carbocycles. The normalized spacial score (nSPS) is 12.1. The number of anilines is 1. The molecule has 0 aliphatic rings. The Morgan fingerprint density at radius 1 is 0.917 bits per heavy atom. The Labute approximate surface area is 135 Å². The van der Waals surface area contributed by atoms with Gasteiger partial charge in [-0.3, -0.25) is 4.79 Å². The number of carbonyl (C=O) groups is 1. The van der Waals surface area contributed by atoms with Crippen LogP contribution >= 0.6 is 11.6 Å². The summed E-state index contributed by atoms with van der Waals surface area (Å²) in [5.41, 5.74) is -3.94. The third kappa shape index (κ3) is 4.34. The molecule has 4 nitrogen and oxygen atoms in total. The van der Waals surface area contributed by atoms with Crippen molar-refractivity contribution in [3.63, 3.8) is 0 Å². The molecule has 2 rings (SSSR count). The van der Waals surface area contributed by atoms with Crippen LogP contribution in [0.15, 0.2) is 30.6 Å². The van der Waals surface area contributed by atoms with Crippen molar-refractivity contribution in [1.82, 2.24) is 9.97 Å². The topological polar surface area (TPSA) is 54.9 Å². The number of benzene rings is 1. The lowest BCUT2D eigenvalue weighted by atomic mass is 10.1. The van der Waals surface area contributed by atoms with Crippen LogP contribution in [-0.4, -0.2) is 15.9 Å². The molecule has 0 radical (unpaired) electrons. The summed E-state index contributed by atoms with van der Waals surface area (Å²) in [6.45, 7) is 0. The maximum Gasteiger partial charge on any atom is 0.416 e. The number of nitrogens with zero attached hydrogens (tertiary/aromatic N) is 2. The Morgan fingerprint density at radius 3 is 1.79 bits per heavy atom. The molecule has 24 heavy (non-hydrogen) atoms. The monoisotopic (exact) mass is 369 g/mol. The number of aromatic nitrogens is 2. The SMILES string of the molecule is O=C(Nc1cc(C(F)(F)F)cc(C(F)(F)F)c1)c1cnc(Cl)nc1. The van der Waals surface area contributed by atoms with Crippen molar-refractivity contribution < 1.29 is 31.1 Å². The Morgan fingerprint density at radius 2 is 1.38 bits per heavy atom. The van der Waals surface area contributed by atoms with E-state index in [1.54, 1.807) is 0 Å². The van der Waals surface area contributed by atoms with E-state index in [1.807, 2.05) is 5.32 Å². The lowest BCUT2D eigenvalue weighted by Crippen LogP contribution is -2.16. The first-order chi connectivity index (χ1) is 11.0. The standard InChI is InChI=1S/C13H6ClF6N3O/c14-11-21-4-6(5-22-11)10(24)23-9-2-7(12(15,16)17)1-8(3-9)13(18,19)20/h1-5H,(H,23,24). The van der Waals surface area contributed by atoms with Gasteiger partial charge in [-0.15, -0.1) is 0 Å². The predicted octanol–water partition coefficient (Wildman–Crippen LogP) is 4.42. The Kier molecular flexibility index (Phi) is 4.70. The van der Waals surface area contributed by atoms with Gasteiger partial charge in [-0.25, -0.2) is 9.97 Å². The van der Waals surface area contributed by atoms with Gasteiger partial charge < -0.3 is 5.32 Å². The minimum absolute atomic E-state index is 0.0406. The number of halogens is 7. The summed E-state index contributed by atoms with van der Waals surface area (Å²) in [6, 6.07) is 0.745. The third-order valence-electron chi connectivity index (χ3n) is 2.73. The number of rotatable bonds is 2. The van der Waals surface area contributed by atoms with Crippen LogP contribution in [0.25, 0.3) is 0 Å². The minimum atomic E-state index is -5.01. The summed E-state index contributed by atoms with van der Waals surface area (Å²) in [5.74, 6) is -0.987. The summed E-state index contributed by atoms with van der Waals surface area (Å²) in [6.07, 6.45) is -8.07. The zero-order valence-electron chi connectivity index (χ0n) is 11.3. The highest BCUT2D eigenvalue weighted by molar-refractivity contribution is 6.28. The number of nitrogens with one attached hydrogen (secondary N) is 1. The van der Waals surface area contributed by atoms with Crippen molar-refractivity contribution in [2.75, 3.05) is 5.32 Å². The molecule has 0 spiro atoms. The predicted molar refractivity (Wildman–Crippen MR) is 71.4 cm³/mol. The highest BCUT2D eigenvalue weighted by Crippen LogP contribution is 2.37. The molecule has 1 heterocycles. The Bertz CT molecular complexity index is 726. The molecule has 0 atom stereocenters. The van der Waals surface area contributed by atoms with Gasteiger partial charge in [-0.1, -0.05) is 0 Å². The summed E-state index contributed by atoms with van der Waals surface area (Å²) in [4.78, 5) is 18.8. The molecule has 0 aliphatic carbocycles. The first-order valence-electron chi connectivity index (χ1n) is 6.05. The van der Waals surface area contributed by atoms with Crippen molar-refractivity contribution in [3.8, 4) is 0 Å². The third-order valence-corrected chi connectivity index (χ3v) is 2.92. The summed E-state index contributed by atoms with van der Waals surface area (Å²) in [5, 5.41) is 1.76. The van der Waals surface area contributed by atoms with Crippen LogP contribution in [0.2, 0.25) is 5.28 Å². The van der Waals surface area contributed by atoms with Gasteiger partial charge in [0.1, 0.15) is 0 Å². The second-order valence-corrected chi connectivity index (χ2v) is 4.83. The number of amides is 1. The van der Waals surface area contributed by atoms with Crippen LogP contribution < -0.4 is 5.32 Å². The number of carbonyl (C=O) groups excluding carboxylic acids is 1. The number of alkyl halides is 6. The smallest absolute Gasteiger partial charge is 0.322 e. The van der Waals surface area contributed by atoms with Gasteiger partial charge in [0.15, 0.2) is 0 Å². The van der Waals surface area contributed by atoms with Crippen molar-refractivity contribution in [1.29, 1.82) is 0 Å². The van der Waals surface area contributed by atoms with Crippen molar-refractivity contribution in [3.05, 3.63) is 52.6 Å². The summed E-state index contributed by atoms with van der Waals surface area (Å²) < 4.78 is 76.4. The maximum absolute atomic E-state index is 12.7. The van der Waals surface area contributed by atoms with E-state index < -0.39 is 35.1 Å². The maximum atomic E-state index is 12.7. The molecule has 0 unspecified atom stereocenters. The van der Waals surface area contributed by atoms with E-state index >= 15 is 0 Å². The van der Waals surface area contributed by atoms with Crippen molar-refractivity contribution >= 4 is 23.2 Å². The molecule has 128 valence electrons. The van der Waals surface area contributed by atoms with Gasteiger partial charge in [0, 0.05) is 18.1 Å². The second-order valence-electron chi connectivity index (χ2n) is 4.49. The second kappa shape index (κ2) is 6.27. The molecule has 2 aromatic rings. The molecule has 11 heteroatoms. The average Bonchev–Trinajstić information content (AvgIpc) is 2.45. The van der Waals surface area contributed by atoms with E-state index in [9.17, 15) is 31.1 Å². The van der Waals surface area contributed by atoms with E-state index in [0.29, 0.717) is 12.1 Å². The molecule has 0 saturated carbocycles. The van der Waals surface area contributed by atoms with Gasteiger partial charge >= 0.3 is 12.4 Å². The van der Waals surface area contributed by atoms with Crippen LogP contribution in [0.1, 0.15) is 21.5 Å². The van der Waals surface area contributed by atoms with Gasteiger partial charge in [-0.2, -0.15) is 26.3 Å². The largest absolute Gasteiger partial charge is 0.416 e. The molecule has 1 aromatic heterocycles. The molecule has 1 amide bonds. The molecular formula is C13H6ClF6N3O. The van der Waals surface area contributed by atoms with Crippen LogP contribution in [0.5, 0.6) is 0 Å². The zero-order valence-corrected chi connectivity index (χ0v) is 12.1. The number of hydrogen-bond donors (Lipinski definition) is 1. The first-order valence-corrected chi connectivity index (χ1v) is 6.43. The first kappa shape index (κ1) is 18.0. The fourth-order valence-electron chi connectivity index (χ4n) is 1.66. The highest BCUT2D eigenvalue weighted by Gasteiger charge is 2.37. The van der Waals surface area contributed by atoms with E-state index in [4.69, 9.17) is 11.6 Å². The highest BCUT2D eigenvalue weighted by atomic mass is 35.5. The fraction of sp³-hybridized carbons (Fsp3) is 0.154. The molecular weight excluding hydrogens is 364 g/mol. The van der Waals surface area contributed by atoms with Gasteiger partial charge in [-0.05, 0) is 29.8 Å². The molecule has 0 bridgehead atoms. The molecule has 1 N–H and O–H groups in total. The lowest BCUT2D eigenvalue weighted by Gasteiger charge is -2.14. The van der Waals surface area contributed by atoms with Gasteiger partial charge in [0.25, 0.3) is 5.91 Å². The number of hydrogen-bond acceptors (Lipinski definition) is 3. The van der Waals surface area contributed by atoms with Crippen LogP contribution in [0.4, 0.5) is 32.0 Å². The van der Waals surface area contributed by atoms with Gasteiger partial charge in [0.05, 0.1) is 16.7 Å². The molecule has 0 saturated heterocycles. The average molecular weight is 370 g/mol. The molecule has 0 fully saturated rings. The van der Waals surface area contributed by atoms with Gasteiger partial charge in [0.2, 0.25) is 5.28 Å². The van der Waals surface area contributed by atoms with Crippen molar-refractivity contribution in [2.45, 2.75) is 12.4 Å². The van der Waals surface area contributed by atoms with Crippen LogP contribution in [0, 0.1) is 0 Å². The fourth-order valence-corrected chi connectivity index (χ4v) is 1.76. The van der Waals surface area contributed by atoms with Crippen LogP contribution in [-0.2, 0) is 12.4 Å². The Hall–Kier alpha value is -2.36.